The molecule has 1 saturated carbocycles. The molecule has 16 heavy (non-hydrogen) atoms. The van der Waals surface area contributed by atoms with Gasteiger partial charge in [-0.3, -0.25) is 4.79 Å². The van der Waals surface area contributed by atoms with Crippen molar-refractivity contribution in [2.24, 2.45) is 0 Å². The molecule has 0 aromatic heterocycles. The first kappa shape index (κ1) is 11.5. The molecular formula is C13H15ClO2. The predicted octanol–water partition coefficient (Wildman–Crippen LogP) is 3.46. The molecule has 1 N–H and O–H groups in total. The minimum atomic E-state index is -0.743. The molecule has 2 rings (SSSR count). The van der Waals surface area contributed by atoms with E-state index in [2.05, 4.69) is 0 Å². The normalized spacial score (nSPS) is 17.2. The van der Waals surface area contributed by atoms with Crippen molar-refractivity contribution in [2.75, 3.05) is 0 Å². The Labute approximate surface area is 100 Å². The van der Waals surface area contributed by atoms with Crippen LogP contribution in [0.15, 0.2) is 12.1 Å². The molecule has 0 bridgehead atoms. The number of hydrogen-bond acceptors (Lipinski definition) is 1. The summed E-state index contributed by atoms with van der Waals surface area (Å²) in [6.07, 6.45) is 2.05. The van der Waals surface area contributed by atoms with Crippen LogP contribution in [0.4, 0.5) is 0 Å². The van der Waals surface area contributed by atoms with E-state index in [1.54, 1.807) is 0 Å². The van der Waals surface area contributed by atoms with Gasteiger partial charge in [-0.2, -0.15) is 0 Å². The topological polar surface area (TPSA) is 37.3 Å². The van der Waals surface area contributed by atoms with Crippen LogP contribution in [-0.2, 0) is 10.2 Å². The summed E-state index contributed by atoms with van der Waals surface area (Å²) >= 11 is 6.28. The lowest BCUT2D eigenvalue weighted by atomic mass is 9.90. The number of rotatable bonds is 3. The van der Waals surface area contributed by atoms with Crippen molar-refractivity contribution in [3.8, 4) is 0 Å². The van der Waals surface area contributed by atoms with Gasteiger partial charge in [0.2, 0.25) is 0 Å². The number of hydrogen-bond donors (Lipinski definition) is 1. The van der Waals surface area contributed by atoms with Gasteiger partial charge in [0.1, 0.15) is 0 Å². The molecule has 0 unspecified atom stereocenters. The van der Waals surface area contributed by atoms with Crippen LogP contribution in [-0.4, -0.2) is 11.1 Å². The minimum absolute atomic E-state index is 0.190. The van der Waals surface area contributed by atoms with Crippen molar-refractivity contribution in [3.05, 3.63) is 33.8 Å². The zero-order valence-corrected chi connectivity index (χ0v) is 10.3. The lowest BCUT2D eigenvalue weighted by Gasteiger charge is -2.17. The standard InChI is InChI=1S/C13H15ClO2/c1-8-5-9(2)12(14)10(6-8)13(3-4-13)7-11(15)16/h5-6H,3-4,7H2,1-2H3,(H,15,16). The lowest BCUT2D eigenvalue weighted by molar-refractivity contribution is -0.137. The van der Waals surface area contributed by atoms with Crippen molar-refractivity contribution >= 4 is 17.6 Å². The fraction of sp³-hybridized carbons (Fsp3) is 0.462. The molecule has 0 spiro atoms. The van der Waals surface area contributed by atoms with E-state index in [0.29, 0.717) is 0 Å². The second-order valence-corrected chi connectivity index (χ2v) is 5.17. The summed E-state index contributed by atoms with van der Waals surface area (Å²) in [6.45, 7) is 3.99. The molecule has 1 aliphatic rings. The average molecular weight is 239 g/mol. The first-order chi connectivity index (χ1) is 7.44. The minimum Gasteiger partial charge on any atom is -0.481 e. The average Bonchev–Trinajstić information content (AvgIpc) is 2.91. The van der Waals surface area contributed by atoms with Crippen molar-refractivity contribution < 1.29 is 9.90 Å². The Morgan fingerprint density at radius 3 is 2.56 bits per heavy atom. The molecule has 1 aromatic carbocycles. The second kappa shape index (κ2) is 3.77. The Balaban J connectivity index is 2.44. The van der Waals surface area contributed by atoms with E-state index in [0.717, 1.165) is 34.6 Å². The van der Waals surface area contributed by atoms with Gasteiger partial charge in [0.15, 0.2) is 0 Å². The van der Waals surface area contributed by atoms with E-state index < -0.39 is 5.97 Å². The van der Waals surface area contributed by atoms with Gasteiger partial charge in [-0.15, -0.1) is 0 Å². The third-order valence-electron chi connectivity index (χ3n) is 3.31. The summed E-state index contributed by atoms with van der Waals surface area (Å²) in [5, 5.41) is 9.68. The summed E-state index contributed by atoms with van der Waals surface area (Å²) in [4.78, 5) is 10.9. The first-order valence-corrected chi connectivity index (χ1v) is 5.81. The van der Waals surface area contributed by atoms with Gasteiger partial charge >= 0.3 is 5.97 Å². The van der Waals surface area contributed by atoms with Crippen molar-refractivity contribution in [2.45, 2.75) is 38.5 Å². The van der Waals surface area contributed by atoms with Crippen LogP contribution in [0.3, 0.4) is 0 Å². The monoisotopic (exact) mass is 238 g/mol. The Bertz CT molecular complexity index is 447. The third kappa shape index (κ3) is 1.94. The zero-order chi connectivity index (χ0) is 11.9. The molecule has 1 aliphatic carbocycles. The van der Waals surface area contributed by atoms with Crippen LogP contribution >= 0.6 is 11.6 Å². The lowest BCUT2D eigenvalue weighted by Crippen LogP contribution is -2.14. The molecule has 0 radical (unpaired) electrons. The summed E-state index contributed by atoms with van der Waals surface area (Å²) in [7, 11) is 0. The van der Waals surface area contributed by atoms with E-state index in [9.17, 15) is 4.79 Å². The Morgan fingerprint density at radius 1 is 1.44 bits per heavy atom. The van der Waals surface area contributed by atoms with E-state index in [1.807, 2.05) is 26.0 Å². The first-order valence-electron chi connectivity index (χ1n) is 5.44. The van der Waals surface area contributed by atoms with E-state index in [1.165, 1.54) is 0 Å². The molecule has 0 saturated heterocycles. The van der Waals surface area contributed by atoms with Gasteiger partial charge in [-0.1, -0.05) is 29.3 Å². The van der Waals surface area contributed by atoms with Crippen molar-refractivity contribution in [1.29, 1.82) is 0 Å². The summed E-state index contributed by atoms with van der Waals surface area (Å²) in [6, 6.07) is 4.06. The molecular weight excluding hydrogens is 224 g/mol. The third-order valence-corrected chi connectivity index (χ3v) is 3.82. The largest absolute Gasteiger partial charge is 0.481 e. The molecule has 0 atom stereocenters. The van der Waals surface area contributed by atoms with Crippen LogP contribution in [0, 0.1) is 13.8 Å². The van der Waals surface area contributed by atoms with E-state index in [-0.39, 0.29) is 11.8 Å². The highest BCUT2D eigenvalue weighted by molar-refractivity contribution is 6.32. The summed E-state index contributed by atoms with van der Waals surface area (Å²) in [5.74, 6) is -0.743. The Kier molecular flexibility index (Phi) is 2.70. The van der Waals surface area contributed by atoms with Crippen molar-refractivity contribution in [1.82, 2.24) is 0 Å². The molecule has 1 fully saturated rings. The molecule has 0 aliphatic heterocycles. The zero-order valence-electron chi connectivity index (χ0n) is 9.51. The highest BCUT2D eigenvalue weighted by Gasteiger charge is 2.47. The maximum atomic E-state index is 10.9. The number of aryl methyl sites for hydroxylation is 2. The van der Waals surface area contributed by atoms with E-state index in [4.69, 9.17) is 16.7 Å². The van der Waals surface area contributed by atoms with Crippen molar-refractivity contribution in [3.63, 3.8) is 0 Å². The summed E-state index contributed by atoms with van der Waals surface area (Å²) in [5.41, 5.74) is 3.01. The number of halogens is 1. The smallest absolute Gasteiger partial charge is 0.304 e. The Hall–Kier alpha value is -1.02. The molecule has 0 heterocycles. The molecule has 1 aromatic rings. The highest BCUT2D eigenvalue weighted by Crippen LogP contribution is 2.53. The molecule has 3 heteroatoms. The maximum Gasteiger partial charge on any atom is 0.304 e. The molecule has 2 nitrogen and oxygen atoms in total. The molecule has 0 amide bonds. The van der Waals surface area contributed by atoms with Gasteiger partial charge in [-0.25, -0.2) is 0 Å². The van der Waals surface area contributed by atoms with Crippen LogP contribution < -0.4 is 0 Å². The fourth-order valence-corrected chi connectivity index (χ4v) is 2.63. The van der Waals surface area contributed by atoms with Crippen LogP contribution in [0.1, 0.15) is 36.0 Å². The van der Waals surface area contributed by atoms with Crippen LogP contribution in [0.25, 0.3) is 0 Å². The van der Waals surface area contributed by atoms with Gasteiger partial charge in [0.05, 0.1) is 6.42 Å². The van der Waals surface area contributed by atoms with Gasteiger partial charge in [0.25, 0.3) is 0 Å². The number of carboxylic acid groups (broad SMARTS) is 1. The van der Waals surface area contributed by atoms with E-state index >= 15 is 0 Å². The second-order valence-electron chi connectivity index (χ2n) is 4.79. The highest BCUT2D eigenvalue weighted by atomic mass is 35.5. The van der Waals surface area contributed by atoms with Gasteiger partial charge in [-0.05, 0) is 37.8 Å². The number of aliphatic carboxylic acids is 1. The van der Waals surface area contributed by atoms with Gasteiger partial charge in [0, 0.05) is 10.4 Å². The van der Waals surface area contributed by atoms with Crippen LogP contribution in [0.5, 0.6) is 0 Å². The number of benzene rings is 1. The molecule has 86 valence electrons. The fourth-order valence-electron chi connectivity index (χ4n) is 2.32. The Morgan fingerprint density at radius 2 is 2.06 bits per heavy atom. The SMILES string of the molecule is Cc1cc(C)c(Cl)c(C2(CC(=O)O)CC2)c1. The maximum absolute atomic E-state index is 10.9. The quantitative estimate of drug-likeness (QED) is 0.876. The van der Waals surface area contributed by atoms with Crippen LogP contribution in [0.2, 0.25) is 5.02 Å². The number of carboxylic acids is 1. The number of carbonyl (C=O) groups is 1. The summed E-state index contributed by atoms with van der Waals surface area (Å²) < 4.78 is 0. The predicted molar refractivity (Wildman–Crippen MR) is 64.1 cm³/mol. The van der Waals surface area contributed by atoms with Gasteiger partial charge < -0.3 is 5.11 Å².